The number of halogens is 1. The zero-order valence-corrected chi connectivity index (χ0v) is 9.56. The molecule has 0 heterocycles. The van der Waals surface area contributed by atoms with E-state index in [1.54, 1.807) is 23.5 Å². The van der Waals surface area contributed by atoms with Crippen LogP contribution in [0.3, 0.4) is 0 Å². The van der Waals surface area contributed by atoms with Crippen molar-refractivity contribution in [1.29, 1.82) is 0 Å². The SMILES string of the molecule is COC(=O)C(N)CSCSC.Cl. The molecule has 0 amide bonds. The molecule has 0 aromatic carbocycles. The van der Waals surface area contributed by atoms with E-state index in [1.165, 1.54) is 7.11 Å². The second-order valence-corrected chi connectivity index (χ2v) is 4.17. The van der Waals surface area contributed by atoms with Gasteiger partial charge in [0, 0.05) is 10.8 Å². The molecule has 2 N–H and O–H groups in total. The Morgan fingerprint density at radius 1 is 1.67 bits per heavy atom. The van der Waals surface area contributed by atoms with E-state index in [0.29, 0.717) is 5.75 Å². The molecule has 0 radical (unpaired) electrons. The molecule has 0 aromatic rings. The van der Waals surface area contributed by atoms with E-state index in [-0.39, 0.29) is 18.4 Å². The minimum atomic E-state index is -0.475. The molecule has 0 aliphatic rings. The van der Waals surface area contributed by atoms with Crippen LogP contribution in [-0.2, 0) is 9.53 Å². The highest BCUT2D eigenvalue weighted by atomic mass is 35.5. The summed E-state index contributed by atoms with van der Waals surface area (Å²) in [5.41, 5.74) is 5.46. The number of esters is 1. The fourth-order valence-corrected chi connectivity index (χ4v) is 1.92. The highest BCUT2D eigenvalue weighted by molar-refractivity contribution is 8.15. The first kappa shape index (κ1) is 14.9. The third kappa shape index (κ3) is 7.09. The number of thioether (sulfide) groups is 2. The number of carbonyl (C=O) groups is 1. The highest BCUT2D eigenvalue weighted by Gasteiger charge is 2.12. The van der Waals surface area contributed by atoms with E-state index in [1.807, 2.05) is 6.26 Å². The van der Waals surface area contributed by atoms with Crippen LogP contribution < -0.4 is 5.73 Å². The summed E-state index contributed by atoms with van der Waals surface area (Å²) in [6.07, 6.45) is 2.01. The molecule has 0 spiro atoms. The number of methoxy groups -OCH3 is 1. The maximum absolute atomic E-state index is 10.7. The van der Waals surface area contributed by atoms with E-state index in [4.69, 9.17) is 5.73 Å². The van der Waals surface area contributed by atoms with Crippen LogP contribution in [0.15, 0.2) is 0 Å². The monoisotopic (exact) mass is 231 g/mol. The number of rotatable bonds is 5. The molecule has 0 aliphatic heterocycles. The first-order valence-electron chi connectivity index (χ1n) is 3.12. The second kappa shape index (κ2) is 9.51. The van der Waals surface area contributed by atoms with Gasteiger partial charge in [0.15, 0.2) is 0 Å². The summed E-state index contributed by atoms with van der Waals surface area (Å²) < 4.78 is 4.46. The van der Waals surface area contributed by atoms with Gasteiger partial charge in [0.1, 0.15) is 6.04 Å². The van der Waals surface area contributed by atoms with Gasteiger partial charge in [0.05, 0.1) is 7.11 Å². The lowest BCUT2D eigenvalue weighted by molar-refractivity contribution is -0.141. The normalized spacial score (nSPS) is 11.6. The van der Waals surface area contributed by atoms with Crippen molar-refractivity contribution in [3.05, 3.63) is 0 Å². The quantitative estimate of drug-likeness (QED) is 0.434. The highest BCUT2D eigenvalue weighted by Crippen LogP contribution is 2.09. The molecule has 0 fully saturated rings. The van der Waals surface area contributed by atoms with E-state index in [0.717, 1.165) is 5.08 Å². The lowest BCUT2D eigenvalue weighted by Crippen LogP contribution is -2.33. The van der Waals surface area contributed by atoms with Gasteiger partial charge in [-0.2, -0.15) is 11.8 Å². The minimum absolute atomic E-state index is 0. The molecule has 0 bridgehead atoms. The van der Waals surface area contributed by atoms with Crippen molar-refractivity contribution in [1.82, 2.24) is 0 Å². The van der Waals surface area contributed by atoms with Gasteiger partial charge in [-0.3, -0.25) is 4.79 Å². The van der Waals surface area contributed by atoms with Crippen LogP contribution in [0.25, 0.3) is 0 Å². The third-order valence-electron chi connectivity index (χ3n) is 1.00. The molecule has 6 heteroatoms. The summed E-state index contributed by atoms with van der Waals surface area (Å²) in [7, 11) is 1.35. The van der Waals surface area contributed by atoms with E-state index < -0.39 is 6.04 Å². The first-order valence-corrected chi connectivity index (χ1v) is 5.67. The average molecular weight is 232 g/mol. The van der Waals surface area contributed by atoms with Gasteiger partial charge in [0.25, 0.3) is 0 Å². The lowest BCUT2D eigenvalue weighted by atomic mass is 10.4. The number of hydrogen-bond donors (Lipinski definition) is 1. The van der Waals surface area contributed by atoms with Crippen molar-refractivity contribution >= 4 is 41.9 Å². The maximum atomic E-state index is 10.7. The zero-order valence-electron chi connectivity index (χ0n) is 7.11. The van der Waals surface area contributed by atoms with Gasteiger partial charge in [-0.15, -0.1) is 24.2 Å². The molecule has 12 heavy (non-hydrogen) atoms. The maximum Gasteiger partial charge on any atom is 0.323 e. The van der Waals surface area contributed by atoms with Crippen LogP contribution in [0.1, 0.15) is 0 Å². The Morgan fingerprint density at radius 3 is 2.67 bits per heavy atom. The van der Waals surface area contributed by atoms with Gasteiger partial charge < -0.3 is 10.5 Å². The van der Waals surface area contributed by atoms with Crippen molar-refractivity contribution in [2.24, 2.45) is 5.73 Å². The Hall–Kier alpha value is 0.420. The fraction of sp³-hybridized carbons (Fsp3) is 0.833. The number of carbonyl (C=O) groups excluding carboxylic acids is 1. The van der Waals surface area contributed by atoms with Crippen LogP contribution >= 0.6 is 35.9 Å². The summed E-state index contributed by atoms with van der Waals surface area (Å²) in [4.78, 5) is 10.7. The summed E-state index contributed by atoms with van der Waals surface area (Å²) >= 11 is 3.36. The van der Waals surface area contributed by atoms with Gasteiger partial charge in [-0.05, 0) is 6.26 Å². The van der Waals surface area contributed by atoms with Crippen LogP contribution in [0.2, 0.25) is 0 Å². The summed E-state index contributed by atoms with van der Waals surface area (Å²) in [5, 5.41) is 0.963. The zero-order chi connectivity index (χ0) is 8.69. The second-order valence-electron chi connectivity index (χ2n) is 1.91. The van der Waals surface area contributed by atoms with Gasteiger partial charge in [0.2, 0.25) is 0 Å². The average Bonchev–Trinajstić information content (AvgIpc) is 2.03. The molecule has 1 unspecified atom stereocenters. The van der Waals surface area contributed by atoms with Crippen molar-refractivity contribution in [2.75, 3.05) is 24.2 Å². The number of hydrogen-bond acceptors (Lipinski definition) is 5. The molecule has 74 valence electrons. The van der Waals surface area contributed by atoms with Crippen LogP contribution in [0.5, 0.6) is 0 Å². The van der Waals surface area contributed by atoms with E-state index in [2.05, 4.69) is 4.74 Å². The van der Waals surface area contributed by atoms with Gasteiger partial charge in [-0.25, -0.2) is 0 Å². The Bertz CT molecular complexity index is 126. The molecular formula is C6H14ClNO2S2. The van der Waals surface area contributed by atoms with Crippen LogP contribution in [0.4, 0.5) is 0 Å². The Labute approximate surface area is 87.6 Å². The van der Waals surface area contributed by atoms with E-state index in [9.17, 15) is 4.79 Å². The predicted molar refractivity (Wildman–Crippen MR) is 58.1 cm³/mol. The lowest BCUT2D eigenvalue weighted by Gasteiger charge is -2.07. The Balaban J connectivity index is 0. The minimum Gasteiger partial charge on any atom is -0.468 e. The first-order chi connectivity index (χ1) is 5.22. The summed E-state index contributed by atoms with van der Waals surface area (Å²) in [6.45, 7) is 0. The molecule has 0 aliphatic carbocycles. The van der Waals surface area contributed by atoms with Crippen LogP contribution in [-0.4, -0.2) is 36.2 Å². The Morgan fingerprint density at radius 2 is 2.25 bits per heavy atom. The largest absolute Gasteiger partial charge is 0.468 e. The third-order valence-corrected chi connectivity index (χ3v) is 3.21. The predicted octanol–water partition coefficient (Wildman–Crippen LogP) is 0.962. The topological polar surface area (TPSA) is 52.3 Å². The van der Waals surface area contributed by atoms with Crippen molar-refractivity contribution in [2.45, 2.75) is 6.04 Å². The number of ether oxygens (including phenoxy) is 1. The van der Waals surface area contributed by atoms with Gasteiger partial charge in [-0.1, -0.05) is 0 Å². The van der Waals surface area contributed by atoms with Gasteiger partial charge >= 0.3 is 5.97 Å². The standard InChI is InChI=1S/C6H13NO2S2.ClH/c1-9-6(8)5(7)3-11-4-10-2;/h5H,3-4,7H2,1-2H3;1H. The van der Waals surface area contributed by atoms with Crippen molar-refractivity contribution in [3.8, 4) is 0 Å². The molecule has 0 rings (SSSR count). The fourth-order valence-electron chi connectivity index (χ4n) is 0.478. The molecule has 0 saturated heterocycles. The number of nitrogens with two attached hydrogens (primary N) is 1. The van der Waals surface area contributed by atoms with Crippen molar-refractivity contribution < 1.29 is 9.53 Å². The smallest absolute Gasteiger partial charge is 0.323 e. The van der Waals surface area contributed by atoms with E-state index >= 15 is 0 Å². The summed E-state index contributed by atoms with van der Waals surface area (Å²) in [6, 6.07) is -0.475. The molecular weight excluding hydrogens is 218 g/mol. The van der Waals surface area contributed by atoms with Crippen molar-refractivity contribution in [3.63, 3.8) is 0 Å². The summed E-state index contributed by atoms with van der Waals surface area (Å²) in [5.74, 6) is 0.298. The molecule has 0 saturated carbocycles. The van der Waals surface area contributed by atoms with Crippen LogP contribution in [0, 0.1) is 0 Å². The molecule has 0 aromatic heterocycles. The molecule has 1 atom stereocenters. The molecule has 3 nitrogen and oxygen atoms in total. The Kier molecular flexibility index (Phi) is 11.8.